The fraction of sp³-hybridized carbons (Fsp3) is 0.0833. The zero-order chi connectivity index (χ0) is 25.1. The standard InChI is InChI=1S/C24H15BrClFN2O5S/c25-16-6-9-21(34-13-14-4-7-17(8-5-14)29(32)33)15(10-16)11-22-23(30)28(24(31)35-22)12-18-19(26)2-1-3-20(18)27/h1-11H,12-13H2/b22-11+. The van der Waals surface area contributed by atoms with Crippen molar-refractivity contribution in [3.05, 3.63) is 108 Å². The molecule has 1 heterocycles. The summed E-state index contributed by atoms with van der Waals surface area (Å²) in [5, 5.41) is 10.4. The highest BCUT2D eigenvalue weighted by atomic mass is 79.9. The van der Waals surface area contributed by atoms with Gasteiger partial charge < -0.3 is 4.74 Å². The number of nitro benzene ring substituents is 1. The van der Waals surface area contributed by atoms with Crippen molar-refractivity contribution in [2.45, 2.75) is 13.2 Å². The summed E-state index contributed by atoms with van der Waals surface area (Å²) in [6, 6.07) is 15.3. The molecule has 3 aromatic carbocycles. The maximum absolute atomic E-state index is 14.2. The predicted molar refractivity (Wildman–Crippen MR) is 134 cm³/mol. The maximum Gasteiger partial charge on any atom is 0.293 e. The second-order valence-electron chi connectivity index (χ2n) is 7.36. The van der Waals surface area contributed by atoms with Gasteiger partial charge in [0, 0.05) is 32.8 Å². The lowest BCUT2D eigenvalue weighted by atomic mass is 10.1. The lowest BCUT2D eigenvalue weighted by molar-refractivity contribution is -0.384. The lowest BCUT2D eigenvalue weighted by Crippen LogP contribution is -2.28. The van der Waals surface area contributed by atoms with E-state index in [2.05, 4.69) is 15.9 Å². The second-order valence-corrected chi connectivity index (χ2v) is 9.68. The van der Waals surface area contributed by atoms with Crippen LogP contribution < -0.4 is 4.74 Å². The molecule has 0 radical (unpaired) electrons. The number of ether oxygens (including phenoxy) is 1. The average Bonchev–Trinajstić information content (AvgIpc) is 3.08. The predicted octanol–water partition coefficient (Wildman–Crippen LogP) is 6.97. The van der Waals surface area contributed by atoms with E-state index in [1.165, 1.54) is 36.4 Å². The van der Waals surface area contributed by atoms with Crippen molar-refractivity contribution in [3.63, 3.8) is 0 Å². The van der Waals surface area contributed by atoms with Gasteiger partial charge in [-0.2, -0.15) is 0 Å². The van der Waals surface area contributed by atoms with Gasteiger partial charge >= 0.3 is 0 Å². The Labute approximate surface area is 216 Å². The van der Waals surface area contributed by atoms with E-state index in [0.717, 1.165) is 21.1 Å². The number of carbonyl (C=O) groups excluding carboxylic acids is 2. The normalized spacial score (nSPS) is 14.6. The molecule has 35 heavy (non-hydrogen) atoms. The molecule has 3 aromatic rings. The van der Waals surface area contributed by atoms with Gasteiger partial charge in [0.1, 0.15) is 18.2 Å². The topological polar surface area (TPSA) is 89.7 Å². The van der Waals surface area contributed by atoms with E-state index in [0.29, 0.717) is 16.9 Å². The second kappa shape index (κ2) is 10.6. The highest BCUT2D eigenvalue weighted by Crippen LogP contribution is 2.36. The third kappa shape index (κ3) is 5.72. The minimum Gasteiger partial charge on any atom is -0.488 e. The van der Waals surface area contributed by atoms with Gasteiger partial charge in [0.2, 0.25) is 0 Å². The van der Waals surface area contributed by atoms with E-state index in [1.54, 1.807) is 30.3 Å². The number of halogens is 3. The number of thioether (sulfide) groups is 1. The molecule has 0 bridgehead atoms. The first-order valence-electron chi connectivity index (χ1n) is 10.1. The molecule has 0 spiro atoms. The third-order valence-electron chi connectivity index (χ3n) is 5.05. The van der Waals surface area contributed by atoms with Crippen LogP contribution >= 0.6 is 39.3 Å². The number of benzene rings is 3. The summed E-state index contributed by atoms with van der Waals surface area (Å²) in [5.41, 5.74) is 1.29. The fourth-order valence-corrected chi connectivity index (χ4v) is 4.69. The van der Waals surface area contributed by atoms with Crippen LogP contribution in [0.15, 0.2) is 70.0 Å². The van der Waals surface area contributed by atoms with E-state index in [9.17, 15) is 24.1 Å². The van der Waals surface area contributed by atoms with Crippen molar-refractivity contribution in [3.8, 4) is 5.75 Å². The molecule has 1 saturated heterocycles. The molecule has 0 aliphatic carbocycles. The summed E-state index contributed by atoms with van der Waals surface area (Å²) in [4.78, 5) is 36.9. The zero-order valence-electron chi connectivity index (χ0n) is 17.7. The number of nitro groups is 1. The van der Waals surface area contributed by atoms with Gasteiger partial charge in [-0.25, -0.2) is 4.39 Å². The molecule has 0 N–H and O–H groups in total. The van der Waals surface area contributed by atoms with Gasteiger partial charge in [-0.3, -0.25) is 24.6 Å². The molecule has 0 aromatic heterocycles. The molecule has 178 valence electrons. The molecule has 2 amide bonds. The Kier molecular flexibility index (Phi) is 7.54. The largest absolute Gasteiger partial charge is 0.488 e. The van der Waals surface area contributed by atoms with Gasteiger partial charge in [0.15, 0.2) is 0 Å². The smallest absolute Gasteiger partial charge is 0.293 e. The highest BCUT2D eigenvalue weighted by Gasteiger charge is 2.36. The van der Waals surface area contributed by atoms with Crippen molar-refractivity contribution in [1.29, 1.82) is 0 Å². The Morgan fingerprint density at radius 2 is 1.89 bits per heavy atom. The molecule has 0 unspecified atom stereocenters. The minimum absolute atomic E-state index is 0.0227. The quantitative estimate of drug-likeness (QED) is 0.171. The van der Waals surface area contributed by atoms with Gasteiger partial charge in [-0.1, -0.05) is 33.6 Å². The van der Waals surface area contributed by atoms with E-state index < -0.39 is 21.9 Å². The van der Waals surface area contributed by atoms with Crippen LogP contribution in [0.2, 0.25) is 5.02 Å². The summed E-state index contributed by atoms with van der Waals surface area (Å²) in [6.45, 7) is -0.150. The molecule has 1 fully saturated rings. The summed E-state index contributed by atoms with van der Waals surface area (Å²) in [6.07, 6.45) is 1.53. The van der Waals surface area contributed by atoms with Gasteiger partial charge in [-0.15, -0.1) is 0 Å². The number of carbonyl (C=O) groups is 2. The van der Waals surface area contributed by atoms with Crippen LogP contribution in [-0.4, -0.2) is 21.0 Å². The summed E-state index contributed by atoms with van der Waals surface area (Å²) >= 11 is 10.2. The highest BCUT2D eigenvalue weighted by molar-refractivity contribution is 9.10. The summed E-state index contributed by atoms with van der Waals surface area (Å²) < 4.78 is 20.8. The number of hydrogen-bond donors (Lipinski definition) is 0. The van der Waals surface area contributed by atoms with Crippen LogP contribution in [0.4, 0.5) is 14.9 Å². The first-order chi connectivity index (χ1) is 16.7. The van der Waals surface area contributed by atoms with E-state index in [-0.39, 0.29) is 34.3 Å². The Morgan fingerprint density at radius 1 is 1.14 bits per heavy atom. The van der Waals surface area contributed by atoms with Crippen LogP contribution in [0, 0.1) is 15.9 Å². The molecule has 7 nitrogen and oxygen atoms in total. The summed E-state index contributed by atoms with van der Waals surface area (Å²) in [5.74, 6) is -0.731. The van der Waals surface area contributed by atoms with Crippen molar-refractivity contribution < 1.29 is 23.6 Å². The van der Waals surface area contributed by atoms with E-state index >= 15 is 0 Å². The van der Waals surface area contributed by atoms with Crippen molar-refractivity contribution in [2.75, 3.05) is 0 Å². The number of hydrogen-bond acceptors (Lipinski definition) is 6. The Bertz CT molecular complexity index is 1350. The number of non-ortho nitro benzene ring substituents is 1. The monoisotopic (exact) mass is 576 g/mol. The maximum atomic E-state index is 14.2. The molecule has 1 aliphatic heterocycles. The van der Waals surface area contributed by atoms with Crippen molar-refractivity contribution >= 4 is 62.2 Å². The van der Waals surface area contributed by atoms with E-state index in [4.69, 9.17) is 16.3 Å². The van der Waals surface area contributed by atoms with Crippen LogP contribution in [-0.2, 0) is 17.9 Å². The number of imide groups is 1. The Morgan fingerprint density at radius 3 is 2.57 bits per heavy atom. The van der Waals surface area contributed by atoms with Gasteiger partial charge in [0.05, 0.1) is 16.4 Å². The Hall–Kier alpha value is -3.21. The molecule has 0 atom stereocenters. The summed E-state index contributed by atoms with van der Waals surface area (Å²) in [7, 11) is 0. The minimum atomic E-state index is -0.602. The number of nitrogens with zero attached hydrogens (tertiary/aromatic N) is 2. The third-order valence-corrected chi connectivity index (χ3v) is 6.81. The van der Waals surface area contributed by atoms with Crippen LogP contribution in [0.3, 0.4) is 0 Å². The van der Waals surface area contributed by atoms with Gasteiger partial charge in [-0.05, 0) is 65.9 Å². The zero-order valence-corrected chi connectivity index (χ0v) is 20.9. The Balaban J connectivity index is 1.55. The fourth-order valence-electron chi connectivity index (χ4n) is 3.26. The lowest BCUT2D eigenvalue weighted by Gasteiger charge is -2.14. The van der Waals surface area contributed by atoms with Crippen molar-refractivity contribution in [2.24, 2.45) is 0 Å². The molecular weight excluding hydrogens is 563 g/mol. The molecule has 4 rings (SSSR count). The van der Waals surface area contributed by atoms with Crippen LogP contribution in [0.25, 0.3) is 6.08 Å². The molecule has 0 saturated carbocycles. The number of amides is 2. The SMILES string of the molecule is O=C1S/C(=C/c2cc(Br)ccc2OCc2ccc([N+](=O)[O-])cc2)C(=O)N1Cc1c(F)cccc1Cl. The van der Waals surface area contributed by atoms with E-state index in [1.807, 2.05) is 0 Å². The first kappa shape index (κ1) is 24.9. The molecular formula is C24H15BrClFN2O5S. The van der Waals surface area contributed by atoms with Crippen molar-refractivity contribution in [1.82, 2.24) is 4.90 Å². The first-order valence-corrected chi connectivity index (χ1v) is 12.1. The van der Waals surface area contributed by atoms with Gasteiger partial charge in [0.25, 0.3) is 16.8 Å². The molecule has 11 heteroatoms. The van der Waals surface area contributed by atoms with Crippen LogP contribution in [0.1, 0.15) is 16.7 Å². The average molecular weight is 578 g/mol. The number of rotatable bonds is 7. The molecule has 1 aliphatic rings. The van der Waals surface area contributed by atoms with Crippen LogP contribution in [0.5, 0.6) is 5.75 Å².